The fourth-order valence-electron chi connectivity index (χ4n) is 1.37. The maximum absolute atomic E-state index is 10.6. The van der Waals surface area contributed by atoms with Gasteiger partial charge in [0.1, 0.15) is 6.10 Å². The van der Waals surface area contributed by atoms with Crippen molar-refractivity contribution < 1.29 is 9.53 Å². The highest BCUT2D eigenvalue weighted by Crippen LogP contribution is 2.23. The lowest BCUT2D eigenvalue weighted by Gasteiger charge is -2.15. The highest BCUT2D eigenvalue weighted by Gasteiger charge is 2.13. The van der Waals surface area contributed by atoms with Gasteiger partial charge in [-0.2, -0.15) is 0 Å². The first kappa shape index (κ1) is 13.1. The average Bonchev–Trinajstić information content (AvgIpc) is 2.20. The van der Waals surface area contributed by atoms with Crippen LogP contribution in [0.4, 0.5) is 4.79 Å². The summed E-state index contributed by atoms with van der Waals surface area (Å²) in [6, 6.07) is 5.23. The van der Waals surface area contributed by atoms with Crippen molar-refractivity contribution in [3.63, 3.8) is 0 Å². The fraction of sp³-hybridized carbons (Fsp3) is 0.364. The van der Waals surface area contributed by atoms with Crippen LogP contribution in [0.3, 0.4) is 0 Å². The second kappa shape index (κ2) is 5.97. The summed E-state index contributed by atoms with van der Waals surface area (Å²) in [5, 5.41) is 1.15. The Kier molecular flexibility index (Phi) is 4.90. The second-order valence-electron chi connectivity index (χ2n) is 3.41. The molecule has 1 aromatic rings. The minimum Gasteiger partial charge on any atom is -0.446 e. The molecule has 0 spiro atoms. The molecule has 88 valence electrons. The van der Waals surface area contributed by atoms with Crippen LogP contribution in [0.15, 0.2) is 18.2 Å². The summed E-state index contributed by atoms with van der Waals surface area (Å²) >= 11 is 11.8. The molecule has 1 atom stereocenters. The zero-order chi connectivity index (χ0) is 12.1. The van der Waals surface area contributed by atoms with Gasteiger partial charge >= 0.3 is 6.09 Å². The normalized spacial score (nSPS) is 12.2. The zero-order valence-corrected chi connectivity index (χ0v) is 10.4. The van der Waals surface area contributed by atoms with E-state index in [2.05, 4.69) is 0 Å². The van der Waals surface area contributed by atoms with E-state index in [1.54, 1.807) is 12.1 Å². The van der Waals surface area contributed by atoms with Gasteiger partial charge in [0.05, 0.1) is 0 Å². The van der Waals surface area contributed by atoms with Crippen LogP contribution in [0.2, 0.25) is 10.0 Å². The molecule has 0 fully saturated rings. The summed E-state index contributed by atoms with van der Waals surface area (Å²) < 4.78 is 4.94. The lowest BCUT2D eigenvalue weighted by atomic mass is 10.1. The molecule has 2 N–H and O–H groups in total. The molecule has 1 rings (SSSR count). The Morgan fingerprint density at radius 3 is 2.69 bits per heavy atom. The molecule has 0 heterocycles. The molecule has 1 unspecified atom stereocenters. The van der Waals surface area contributed by atoms with Crippen LogP contribution in [-0.2, 0) is 11.2 Å². The molecule has 0 aromatic heterocycles. The van der Waals surface area contributed by atoms with Crippen molar-refractivity contribution in [1.82, 2.24) is 0 Å². The number of amides is 1. The van der Waals surface area contributed by atoms with Gasteiger partial charge in [-0.15, -0.1) is 0 Å². The first-order valence-electron chi connectivity index (χ1n) is 4.93. The predicted molar refractivity (Wildman–Crippen MR) is 64.9 cm³/mol. The Labute approximate surface area is 104 Å². The number of halogens is 2. The van der Waals surface area contributed by atoms with E-state index in [1.165, 1.54) is 0 Å². The standard InChI is InChI=1S/C11H13Cl2NO2/c1-2-9(16-11(14)15)5-7-3-4-8(12)6-10(7)13/h3-4,6,9H,2,5H2,1H3,(H2,14,15). The molecular weight excluding hydrogens is 249 g/mol. The van der Waals surface area contributed by atoms with Gasteiger partial charge < -0.3 is 10.5 Å². The summed E-state index contributed by atoms with van der Waals surface area (Å²) in [5.41, 5.74) is 5.86. The topological polar surface area (TPSA) is 52.3 Å². The van der Waals surface area contributed by atoms with E-state index >= 15 is 0 Å². The average molecular weight is 262 g/mol. The predicted octanol–water partition coefficient (Wildman–Crippen LogP) is 3.41. The monoisotopic (exact) mass is 261 g/mol. The fourth-order valence-corrected chi connectivity index (χ4v) is 1.85. The Morgan fingerprint density at radius 2 is 2.19 bits per heavy atom. The van der Waals surface area contributed by atoms with Crippen molar-refractivity contribution in [1.29, 1.82) is 0 Å². The van der Waals surface area contributed by atoms with Crippen molar-refractivity contribution in [3.8, 4) is 0 Å². The van der Waals surface area contributed by atoms with E-state index in [9.17, 15) is 4.79 Å². The number of rotatable bonds is 4. The van der Waals surface area contributed by atoms with Crippen molar-refractivity contribution in [2.24, 2.45) is 5.73 Å². The van der Waals surface area contributed by atoms with Gasteiger partial charge in [-0.05, 0) is 24.1 Å². The van der Waals surface area contributed by atoms with Gasteiger partial charge in [0.2, 0.25) is 0 Å². The Balaban J connectivity index is 2.73. The maximum atomic E-state index is 10.6. The van der Waals surface area contributed by atoms with E-state index in [1.807, 2.05) is 13.0 Å². The smallest absolute Gasteiger partial charge is 0.404 e. The van der Waals surface area contributed by atoms with Gasteiger partial charge in [0.25, 0.3) is 0 Å². The first-order valence-corrected chi connectivity index (χ1v) is 5.68. The molecule has 16 heavy (non-hydrogen) atoms. The van der Waals surface area contributed by atoms with Gasteiger partial charge in [0.15, 0.2) is 0 Å². The molecule has 0 aliphatic carbocycles. The minimum absolute atomic E-state index is 0.254. The number of hydrogen-bond donors (Lipinski definition) is 1. The molecule has 0 radical (unpaired) electrons. The summed E-state index contributed by atoms with van der Waals surface area (Å²) in [6.07, 6.45) is 0.199. The van der Waals surface area contributed by atoms with Crippen molar-refractivity contribution >= 4 is 29.3 Å². The van der Waals surface area contributed by atoms with Crippen LogP contribution in [0.1, 0.15) is 18.9 Å². The Morgan fingerprint density at radius 1 is 1.50 bits per heavy atom. The minimum atomic E-state index is -0.767. The third-order valence-corrected chi connectivity index (χ3v) is 2.79. The molecular formula is C11H13Cl2NO2. The highest BCUT2D eigenvalue weighted by molar-refractivity contribution is 6.35. The summed E-state index contributed by atoms with van der Waals surface area (Å²) in [7, 11) is 0. The van der Waals surface area contributed by atoms with E-state index < -0.39 is 6.09 Å². The van der Waals surface area contributed by atoms with Crippen LogP contribution < -0.4 is 5.73 Å². The van der Waals surface area contributed by atoms with Crippen LogP contribution in [-0.4, -0.2) is 12.2 Å². The van der Waals surface area contributed by atoms with Crippen molar-refractivity contribution in [2.75, 3.05) is 0 Å². The van der Waals surface area contributed by atoms with Crippen LogP contribution in [0.25, 0.3) is 0 Å². The summed E-state index contributed by atoms with van der Waals surface area (Å²) in [5.74, 6) is 0. The number of carbonyl (C=O) groups is 1. The highest BCUT2D eigenvalue weighted by atomic mass is 35.5. The molecule has 1 amide bonds. The molecule has 3 nitrogen and oxygen atoms in total. The third kappa shape index (κ3) is 3.91. The van der Waals surface area contributed by atoms with Gasteiger partial charge in [0, 0.05) is 16.5 Å². The van der Waals surface area contributed by atoms with Crippen molar-refractivity contribution in [3.05, 3.63) is 33.8 Å². The molecule has 5 heteroatoms. The van der Waals surface area contributed by atoms with Gasteiger partial charge in [-0.1, -0.05) is 36.2 Å². The summed E-state index contributed by atoms with van der Waals surface area (Å²) in [4.78, 5) is 10.6. The molecule has 0 saturated carbocycles. The largest absolute Gasteiger partial charge is 0.446 e. The molecule has 0 bridgehead atoms. The molecule has 0 saturated heterocycles. The number of carbonyl (C=O) groups excluding carboxylic acids is 1. The van der Waals surface area contributed by atoms with E-state index in [0.29, 0.717) is 22.9 Å². The molecule has 0 aliphatic heterocycles. The number of ether oxygens (including phenoxy) is 1. The quantitative estimate of drug-likeness (QED) is 0.903. The molecule has 1 aromatic carbocycles. The first-order chi connectivity index (χ1) is 7.52. The van der Waals surface area contributed by atoms with Crippen LogP contribution >= 0.6 is 23.2 Å². The van der Waals surface area contributed by atoms with Crippen LogP contribution in [0, 0.1) is 0 Å². The lowest BCUT2D eigenvalue weighted by molar-refractivity contribution is 0.104. The Bertz CT molecular complexity index is 382. The second-order valence-corrected chi connectivity index (χ2v) is 4.25. The third-order valence-electron chi connectivity index (χ3n) is 2.20. The van der Waals surface area contributed by atoms with E-state index in [4.69, 9.17) is 33.7 Å². The van der Waals surface area contributed by atoms with Gasteiger partial charge in [-0.3, -0.25) is 0 Å². The van der Waals surface area contributed by atoms with Gasteiger partial charge in [-0.25, -0.2) is 4.79 Å². The Hall–Kier alpha value is -0.930. The van der Waals surface area contributed by atoms with Crippen LogP contribution in [0.5, 0.6) is 0 Å². The number of benzene rings is 1. The maximum Gasteiger partial charge on any atom is 0.404 e. The summed E-state index contributed by atoms with van der Waals surface area (Å²) in [6.45, 7) is 1.91. The number of hydrogen-bond acceptors (Lipinski definition) is 2. The molecule has 0 aliphatic rings. The van der Waals surface area contributed by atoms with E-state index in [-0.39, 0.29) is 6.10 Å². The SMILES string of the molecule is CCC(Cc1ccc(Cl)cc1Cl)OC(N)=O. The zero-order valence-electron chi connectivity index (χ0n) is 8.87. The van der Waals surface area contributed by atoms with Crippen molar-refractivity contribution in [2.45, 2.75) is 25.9 Å². The number of nitrogens with two attached hydrogens (primary N) is 1. The van der Waals surface area contributed by atoms with E-state index in [0.717, 1.165) is 5.56 Å². The number of primary amides is 1. The lowest BCUT2D eigenvalue weighted by Crippen LogP contribution is -2.24.